The van der Waals surface area contributed by atoms with Gasteiger partial charge >= 0.3 is 5.97 Å². The van der Waals surface area contributed by atoms with E-state index in [1.54, 1.807) is 12.1 Å². The van der Waals surface area contributed by atoms with Gasteiger partial charge < -0.3 is 14.9 Å². The molecular weight excluding hydrogens is 222 g/mol. The van der Waals surface area contributed by atoms with Crippen molar-refractivity contribution in [3.8, 4) is 5.75 Å². The van der Waals surface area contributed by atoms with E-state index in [0.29, 0.717) is 22.3 Å². The topological polar surface area (TPSA) is 79.7 Å². The number of pyridine rings is 1. The molecule has 0 spiro atoms. The van der Waals surface area contributed by atoms with Crippen molar-refractivity contribution in [2.24, 2.45) is 0 Å². The van der Waals surface area contributed by atoms with E-state index < -0.39 is 5.97 Å². The third-order valence-corrected chi connectivity index (χ3v) is 2.44. The lowest BCUT2D eigenvalue weighted by atomic mass is 10.1. The first kappa shape index (κ1) is 11.3. The zero-order valence-corrected chi connectivity index (χ0v) is 9.17. The molecule has 0 fully saturated rings. The van der Waals surface area contributed by atoms with Crippen LogP contribution in [0.25, 0.3) is 10.9 Å². The highest BCUT2D eigenvalue weighted by atomic mass is 16.5. The minimum absolute atomic E-state index is 0.146. The summed E-state index contributed by atoms with van der Waals surface area (Å²) in [6, 6.07) is 6.30. The molecule has 0 amide bonds. The summed E-state index contributed by atoms with van der Waals surface area (Å²) >= 11 is 0. The number of aromatic carboxylic acids is 1. The van der Waals surface area contributed by atoms with Crippen LogP contribution < -0.4 is 4.74 Å². The van der Waals surface area contributed by atoms with Gasteiger partial charge in [-0.15, -0.1) is 0 Å². The van der Waals surface area contributed by atoms with Gasteiger partial charge in [-0.1, -0.05) is 6.07 Å². The van der Waals surface area contributed by atoms with Crippen LogP contribution in [0.2, 0.25) is 0 Å². The van der Waals surface area contributed by atoms with Crippen LogP contribution in [0.15, 0.2) is 24.3 Å². The maximum absolute atomic E-state index is 10.9. The molecule has 0 atom stereocenters. The molecule has 2 rings (SSSR count). The second-order valence-electron chi connectivity index (χ2n) is 3.52. The zero-order chi connectivity index (χ0) is 12.4. The van der Waals surface area contributed by atoms with Gasteiger partial charge in [-0.3, -0.25) is 0 Å². The monoisotopic (exact) mass is 233 g/mol. The number of methoxy groups -OCH3 is 1. The number of hydrogen-bond acceptors (Lipinski definition) is 4. The Morgan fingerprint density at radius 3 is 2.76 bits per heavy atom. The van der Waals surface area contributed by atoms with Crippen LogP contribution in [-0.4, -0.2) is 28.3 Å². The lowest BCUT2D eigenvalue weighted by molar-refractivity contribution is 0.0696. The van der Waals surface area contributed by atoms with Gasteiger partial charge in [0, 0.05) is 5.39 Å². The predicted molar refractivity (Wildman–Crippen MR) is 61.2 cm³/mol. The number of benzene rings is 1. The number of aromatic nitrogens is 1. The van der Waals surface area contributed by atoms with Crippen molar-refractivity contribution < 1.29 is 19.7 Å². The van der Waals surface area contributed by atoms with Crippen molar-refractivity contribution in [3.63, 3.8) is 0 Å². The standard InChI is InChI=1S/C12H11NO4/c1-17-10-5-8(12(15)16)4-7-2-3-9(6-14)13-11(7)10/h2-5,14H,6H2,1H3,(H,15,16). The highest BCUT2D eigenvalue weighted by molar-refractivity contribution is 5.96. The summed E-state index contributed by atoms with van der Waals surface area (Å²) in [5.74, 6) is -0.633. The second kappa shape index (κ2) is 4.39. The highest BCUT2D eigenvalue weighted by Gasteiger charge is 2.11. The molecule has 1 aromatic heterocycles. The molecule has 0 aliphatic carbocycles. The Balaban J connectivity index is 2.72. The van der Waals surface area contributed by atoms with Crippen LogP contribution in [0.4, 0.5) is 0 Å². The number of fused-ring (bicyclic) bond motifs is 1. The fourth-order valence-corrected chi connectivity index (χ4v) is 1.61. The molecule has 0 unspecified atom stereocenters. The number of carboxylic acids is 1. The third kappa shape index (κ3) is 2.05. The van der Waals surface area contributed by atoms with Crippen molar-refractivity contribution >= 4 is 16.9 Å². The molecule has 0 radical (unpaired) electrons. The van der Waals surface area contributed by atoms with Crippen LogP contribution in [0.5, 0.6) is 5.75 Å². The first-order valence-corrected chi connectivity index (χ1v) is 4.97. The smallest absolute Gasteiger partial charge is 0.335 e. The van der Waals surface area contributed by atoms with Gasteiger partial charge in [0.2, 0.25) is 0 Å². The quantitative estimate of drug-likeness (QED) is 0.838. The van der Waals surface area contributed by atoms with E-state index in [1.165, 1.54) is 19.2 Å². The number of aliphatic hydroxyl groups is 1. The van der Waals surface area contributed by atoms with E-state index in [2.05, 4.69) is 4.98 Å². The number of nitrogens with zero attached hydrogens (tertiary/aromatic N) is 1. The van der Waals surface area contributed by atoms with E-state index in [1.807, 2.05) is 0 Å². The lowest BCUT2D eigenvalue weighted by Gasteiger charge is -2.07. The van der Waals surface area contributed by atoms with Crippen LogP contribution in [0.3, 0.4) is 0 Å². The Morgan fingerprint density at radius 2 is 2.18 bits per heavy atom. The van der Waals surface area contributed by atoms with Gasteiger partial charge in [0.05, 0.1) is 25.0 Å². The molecule has 5 heteroatoms. The Morgan fingerprint density at radius 1 is 1.41 bits per heavy atom. The van der Waals surface area contributed by atoms with Gasteiger partial charge in [0.25, 0.3) is 0 Å². The fourth-order valence-electron chi connectivity index (χ4n) is 1.61. The zero-order valence-electron chi connectivity index (χ0n) is 9.17. The number of hydrogen-bond donors (Lipinski definition) is 2. The summed E-state index contributed by atoms with van der Waals surface area (Å²) in [5.41, 5.74) is 1.20. The van der Waals surface area contributed by atoms with Crippen molar-refractivity contribution in [2.75, 3.05) is 7.11 Å². The average molecular weight is 233 g/mol. The van der Waals surface area contributed by atoms with Crippen LogP contribution in [-0.2, 0) is 6.61 Å². The molecule has 0 aliphatic heterocycles. The number of aliphatic hydroxyl groups excluding tert-OH is 1. The summed E-state index contributed by atoms with van der Waals surface area (Å²) in [4.78, 5) is 15.1. The summed E-state index contributed by atoms with van der Waals surface area (Å²) in [6.07, 6.45) is 0. The van der Waals surface area contributed by atoms with Gasteiger partial charge in [-0.2, -0.15) is 0 Å². The van der Waals surface area contributed by atoms with Crippen LogP contribution in [0.1, 0.15) is 16.1 Å². The molecular formula is C12H11NO4. The molecule has 17 heavy (non-hydrogen) atoms. The van der Waals surface area contributed by atoms with Crippen molar-refractivity contribution in [1.29, 1.82) is 0 Å². The summed E-state index contributed by atoms with van der Waals surface area (Å²) < 4.78 is 5.11. The maximum Gasteiger partial charge on any atom is 0.335 e. The third-order valence-electron chi connectivity index (χ3n) is 2.44. The first-order chi connectivity index (χ1) is 8.15. The molecule has 5 nitrogen and oxygen atoms in total. The summed E-state index contributed by atoms with van der Waals surface area (Å²) in [7, 11) is 1.45. The maximum atomic E-state index is 10.9. The molecule has 0 saturated heterocycles. The molecule has 0 saturated carbocycles. The SMILES string of the molecule is COc1cc(C(=O)O)cc2ccc(CO)nc12. The molecule has 2 aromatic rings. The molecule has 1 heterocycles. The fraction of sp³-hybridized carbons (Fsp3) is 0.167. The Hall–Kier alpha value is -2.14. The van der Waals surface area contributed by atoms with Gasteiger partial charge in [0.15, 0.2) is 0 Å². The lowest BCUT2D eigenvalue weighted by Crippen LogP contribution is -1.99. The van der Waals surface area contributed by atoms with Crippen LogP contribution >= 0.6 is 0 Å². The minimum Gasteiger partial charge on any atom is -0.494 e. The van der Waals surface area contributed by atoms with E-state index in [0.717, 1.165) is 0 Å². The minimum atomic E-state index is -1.02. The van der Waals surface area contributed by atoms with Gasteiger partial charge in [0.1, 0.15) is 11.3 Å². The Labute approximate surface area is 97.3 Å². The molecule has 1 aromatic carbocycles. The van der Waals surface area contributed by atoms with E-state index in [9.17, 15) is 4.79 Å². The number of rotatable bonds is 3. The molecule has 0 bridgehead atoms. The first-order valence-electron chi connectivity index (χ1n) is 4.97. The Kier molecular flexibility index (Phi) is 2.93. The van der Waals surface area contributed by atoms with Gasteiger partial charge in [-0.25, -0.2) is 9.78 Å². The molecule has 2 N–H and O–H groups in total. The average Bonchev–Trinajstić information content (AvgIpc) is 2.36. The van der Waals surface area contributed by atoms with Gasteiger partial charge in [-0.05, 0) is 18.2 Å². The van der Waals surface area contributed by atoms with E-state index in [-0.39, 0.29) is 12.2 Å². The van der Waals surface area contributed by atoms with Crippen molar-refractivity contribution in [1.82, 2.24) is 4.98 Å². The van der Waals surface area contributed by atoms with Crippen molar-refractivity contribution in [3.05, 3.63) is 35.5 Å². The highest BCUT2D eigenvalue weighted by Crippen LogP contribution is 2.26. The Bertz CT molecular complexity index is 580. The number of carbonyl (C=O) groups is 1. The number of carboxylic acid groups (broad SMARTS) is 1. The van der Waals surface area contributed by atoms with Crippen LogP contribution in [0, 0.1) is 0 Å². The largest absolute Gasteiger partial charge is 0.494 e. The summed E-state index contributed by atoms with van der Waals surface area (Å²) in [5, 5.41) is 18.6. The summed E-state index contributed by atoms with van der Waals surface area (Å²) in [6.45, 7) is -0.167. The van der Waals surface area contributed by atoms with E-state index in [4.69, 9.17) is 14.9 Å². The molecule has 88 valence electrons. The molecule has 0 aliphatic rings. The van der Waals surface area contributed by atoms with Crippen molar-refractivity contribution in [2.45, 2.75) is 6.61 Å². The second-order valence-corrected chi connectivity index (χ2v) is 3.52. The van der Waals surface area contributed by atoms with E-state index >= 15 is 0 Å². The normalized spacial score (nSPS) is 10.5. The number of ether oxygens (including phenoxy) is 1. The predicted octanol–water partition coefficient (Wildman–Crippen LogP) is 1.43.